The summed E-state index contributed by atoms with van der Waals surface area (Å²) >= 11 is 0. The number of alkyl halides is 2. The lowest BCUT2D eigenvalue weighted by Gasteiger charge is -2.38. The molecule has 8 nitrogen and oxygen atoms in total. The minimum Gasteiger partial charge on any atom is -0.508 e. The average Bonchev–Trinajstić information content (AvgIpc) is 2.92. The molecule has 0 radical (unpaired) electrons. The molecule has 0 aliphatic heterocycles. The van der Waals surface area contributed by atoms with Crippen molar-refractivity contribution >= 4 is 20.0 Å². The Balaban J connectivity index is 0.000000230. The van der Waals surface area contributed by atoms with Crippen LogP contribution < -0.4 is 9.44 Å². The van der Waals surface area contributed by atoms with E-state index in [-0.39, 0.29) is 24.3 Å². The van der Waals surface area contributed by atoms with Crippen molar-refractivity contribution in [2.45, 2.75) is 113 Å². The third-order valence-electron chi connectivity index (χ3n) is 8.22. The molecule has 236 valence electrons. The van der Waals surface area contributed by atoms with Gasteiger partial charge in [-0.25, -0.2) is 35.1 Å². The van der Waals surface area contributed by atoms with E-state index in [1.165, 1.54) is 48.5 Å². The Morgan fingerprint density at radius 3 is 1.24 bits per heavy atom. The van der Waals surface area contributed by atoms with Crippen molar-refractivity contribution in [2.24, 2.45) is 0 Å². The van der Waals surface area contributed by atoms with Crippen LogP contribution in [0.3, 0.4) is 0 Å². The Kier molecular flexibility index (Phi) is 11.1. The molecule has 0 heterocycles. The van der Waals surface area contributed by atoms with Crippen molar-refractivity contribution in [1.29, 1.82) is 0 Å². The molecule has 42 heavy (non-hydrogen) atoms. The summed E-state index contributed by atoms with van der Waals surface area (Å²) in [5, 5.41) is 17.5. The molecule has 2 fully saturated rings. The van der Waals surface area contributed by atoms with Gasteiger partial charge in [0.2, 0.25) is 20.0 Å². The fourth-order valence-electron chi connectivity index (χ4n) is 5.41. The Hall–Kier alpha value is -2.28. The average molecular weight is 631 g/mol. The molecule has 2 aliphatic rings. The van der Waals surface area contributed by atoms with Gasteiger partial charge in [0.1, 0.15) is 11.5 Å². The molecule has 0 unspecified atom stereocenters. The number of phenols is 2. The number of rotatable bonds is 8. The lowest BCUT2D eigenvalue weighted by molar-refractivity contribution is 0.0711. The molecule has 0 bridgehead atoms. The minimum absolute atomic E-state index is 0.0671. The van der Waals surface area contributed by atoms with Crippen LogP contribution in [0.15, 0.2) is 48.5 Å². The molecule has 4 atom stereocenters. The lowest BCUT2D eigenvalue weighted by Crippen LogP contribution is -2.51. The Morgan fingerprint density at radius 2 is 0.952 bits per heavy atom. The van der Waals surface area contributed by atoms with Crippen LogP contribution in [0.5, 0.6) is 11.5 Å². The van der Waals surface area contributed by atoms with Crippen molar-refractivity contribution in [3.63, 3.8) is 0 Å². The van der Waals surface area contributed by atoms with Gasteiger partial charge in [0.05, 0.1) is 22.6 Å². The molecular formula is C30H44F2N2O6S2. The molecule has 2 aromatic rings. The number of nitrogens with one attached hydrogen (secondary N) is 2. The summed E-state index contributed by atoms with van der Waals surface area (Å²) in [5.74, 6) is 0.134. The minimum atomic E-state index is -3.52. The van der Waals surface area contributed by atoms with E-state index in [1.807, 2.05) is 0 Å². The lowest BCUT2D eigenvalue weighted by atomic mass is 9.77. The first-order valence-electron chi connectivity index (χ1n) is 14.5. The van der Waals surface area contributed by atoms with Crippen molar-refractivity contribution in [2.75, 3.05) is 0 Å². The summed E-state index contributed by atoms with van der Waals surface area (Å²) in [7, 11) is -7.05. The highest BCUT2D eigenvalue weighted by Gasteiger charge is 2.46. The van der Waals surface area contributed by atoms with Crippen LogP contribution in [-0.4, -0.2) is 49.6 Å². The van der Waals surface area contributed by atoms with Crippen molar-refractivity contribution in [3.8, 4) is 11.5 Å². The van der Waals surface area contributed by atoms with E-state index >= 15 is 8.78 Å². The van der Waals surface area contributed by atoms with E-state index in [2.05, 4.69) is 9.44 Å². The van der Waals surface area contributed by atoms with Gasteiger partial charge in [-0.05, 0) is 102 Å². The first kappa shape index (κ1) is 34.2. The van der Waals surface area contributed by atoms with Crippen LogP contribution in [0, 0.1) is 0 Å². The van der Waals surface area contributed by atoms with Gasteiger partial charge in [-0.2, -0.15) is 0 Å². The highest BCUT2D eigenvalue weighted by molar-refractivity contribution is 7.90. The number of sulfonamides is 2. The van der Waals surface area contributed by atoms with E-state index in [1.54, 1.807) is 27.7 Å². The van der Waals surface area contributed by atoms with E-state index in [0.29, 0.717) is 24.0 Å². The van der Waals surface area contributed by atoms with Crippen molar-refractivity contribution in [1.82, 2.24) is 9.44 Å². The second-order valence-electron chi connectivity index (χ2n) is 11.8. The van der Waals surface area contributed by atoms with Gasteiger partial charge in [-0.15, -0.1) is 0 Å². The van der Waals surface area contributed by atoms with Crippen LogP contribution >= 0.6 is 0 Å². The highest BCUT2D eigenvalue weighted by atomic mass is 32.2. The van der Waals surface area contributed by atoms with Crippen LogP contribution in [0.1, 0.15) is 90.2 Å². The third kappa shape index (κ3) is 8.00. The zero-order valence-corrected chi connectivity index (χ0v) is 26.3. The van der Waals surface area contributed by atoms with E-state index in [4.69, 9.17) is 0 Å². The van der Waals surface area contributed by atoms with Gasteiger partial charge in [-0.3, -0.25) is 0 Å². The molecule has 0 spiro atoms. The third-order valence-corrected chi connectivity index (χ3v) is 11.9. The number of hydrogen-bond donors (Lipinski definition) is 4. The predicted molar refractivity (Wildman–Crippen MR) is 161 cm³/mol. The molecule has 0 saturated heterocycles. The van der Waals surface area contributed by atoms with E-state index in [9.17, 15) is 27.0 Å². The quantitative estimate of drug-likeness (QED) is 0.298. The van der Waals surface area contributed by atoms with Gasteiger partial charge >= 0.3 is 0 Å². The number of phenolic OH excluding ortho intramolecular Hbond substituents is 2. The smallest absolute Gasteiger partial charge is 0.214 e. The summed E-state index contributed by atoms with van der Waals surface area (Å²) in [5.41, 5.74) is -2.63. The first-order valence-corrected chi connectivity index (χ1v) is 17.6. The normalized spacial score (nSPS) is 27.0. The number of hydrogen-bond acceptors (Lipinski definition) is 6. The maximum Gasteiger partial charge on any atom is 0.214 e. The first-order chi connectivity index (χ1) is 19.5. The van der Waals surface area contributed by atoms with E-state index in [0.717, 1.165) is 25.7 Å². The zero-order chi connectivity index (χ0) is 31.3. The van der Waals surface area contributed by atoms with Crippen LogP contribution in [0.4, 0.5) is 8.78 Å². The number of halogens is 2. The second kappa shape index (κ2) is 13.6. The van der Waals surface area contributed by atoms with E-state index < -0.39 is 54.0 Å². The van der Waals surface area contributed by atoms with Gasteiger partial charge < -0.3 is 10.2 Å². The summed E-state index contributed by atoms with van der Waals surface area (Å²) in [6.45, 7) is 6.30. The largest absolute Gasteiger partial charge is 0.508 e. The topological polar surface area (TPSA) is 133 Å². The fraction of sp³-hybridized carbons (Fsp3) is 0.600. The van der Waals surface area contributed by atoms with Crippen molar-refractivity contribution < 1.29 is 35.8 Å². The monoisotopic (exact) mass is 630 g/mol. The van der Waals surface area contributed by atoms with Crippen LogP contribution in [0.25, 0.3) is 0 Å². The molecule has 4 N–H and O–H groups in total. The van der Waals surface area contributed by atoms with Gasteiger partial charge in [0.15, 0.2) is 11.3 Å². The van der Waals surface area contributed by atoms with Gasteiger partial charge in [0, 0.05) is 0 Å². The molecule has 4 rings (SSSR count). The maximum absolute atomic E-state index is 15.5. The number of aromatic hydroxyl groups is 2. The fourth-order valence-corrected chi connectivity index (χ4v) is 7.36. The summed E-state index contributed by atoms with van der Waals surface area (Å²) in [6, 6.07) is 10.3. The number of benzene rings is 2. The van der Waals surface area contributed by atoms with Gasteiger partial charge in [0.25, 0.3) is 0 Å². The molecule has 2 aromatic carbocycles. The predicted octanol–water partition coefficient (Wildman–Crippen LogP) is 5.65. The molecule has 2 aliphatic carbocycles. The highest BCUT2D eigenvalue weighted by Crippen LogP contribution is 2.43. The molecule has 12 heteroatoms. The SMILES string of the molecule is CC(C)S(=O)(=O)N[C@H]1CCCC[C@@]1(F)c1ccc(O)cc1.CC(C)S(=O)(=O)N[C@H]1CCCC[C@]1(F)c1ccc(O)cc1. The zero-order valence-electron chi connectivity index (χ0n) is 24.7. The summed E-state index contributed by atoms with van der Waals surface area (Å²) in [4.78, 5) is 0. The second-order valence-corrected chi connectivity index (χ2v) is 16.4. The standard InChI is InChI=1S/2C15H22FNO3S/c2*1-11(2)21(19,20)17-14-5-3-4-10-15(14,16)12-6-8-13(18)9-7-12/h2*6-9,11,14,17-18H,3-5,10H2,1-2H3/t14-,15+;14-,15-/m00/s1. The summed E-state index contributed by atoms with van der Waals surface area (Å²) in [6.07, 6.45) is 4.55. The molecule has 0 amide bonds. The van der Waals surface area contributed by atoms with Crippen LogP contribution in [-0.2, 0) is 31.4 Å². The Morgan fingerprint density at radius 1 is 0.643 bits per heavy atom. The molecule has 2 saturated carbocycles. The van der Waals surface area contributed by atoms with Crippen molar-refractivity contribution in [3.05, 3.63) is 59.7 Å². The Bertz CT molecular complexity index is 1280. The molecule has 0 aromatic heterocycles. The maximum atomic E-state index is 15.5. The molecular weight excluding hydrogens is 586 g/mol. The van der Waals surface area contributed by atoms with Crippen LogP contribution in [0.2, 0.25) is 0 Å². The Labute approximate surface area is 249 Å². The van der Waals surface area contributed by atoms with Gasteiger partial charge in [-0.1, -0.05) is 37.1 Å². The summed E-state index contributed by atoms with van der Waals surface area (Å²) < 4.78 is 84.3.